The zero-order chi connectivity index (χ0) is 15.0. The molecular weight excluding hydrogens is 304 g/mol. The molecule has 5 nitrogen and oxygen atoms in total. The van der Waals surface area contributed by atoms with Crippen LogP contribution in [0.5, 0.6) is 5.75 Å². The Balaban J connectivity index is 0.00000176. The second-order valence-electron chi connectivity index (χ2n) is 5.51. The summed E-state index contributed by atoms with van der Waals surface area (Å²) in [5, 5.41) is 0.966. The van der Waals surface area contributed by atoms with E-state index >= 15 is 0 Å². The highest BCUT2D eigenvalue weighted by Gasteiger charge is 2.25. The van der Waals surface area contributed by atoms with Gasteiger partial charge in [0.1, 0.15) is 11.3 Å². The first kappa shape index (κ1) is 16.6. The predicted octanol–water partition coefficient (Wildman–Crippen LogP) is 2.56. The maximum atomic E-state index is 12.6. The van der Waals surface area contributed by atoms with E-state index in [1.54, 1.807) is 7.11 Å². The summed E-state index contributed by atoms with van der Waals surface area (Å²) in [6, 6.07) is 5.64. The Morgan fingerprint density at radius 1 is 1.23 bits per heavy atom. The molecule has 0 atom stereocenters. The predicted molar refractivity (Wildman–Crippen MR) is 88.2 cm³/mol. The minimum absolute atomic E-state index is 0. The number of rotatable bonds is 2. The number of hydrogen-bond acceptors (Lipinski definition) is 4. The molecule has 0 bridgehead atoms. The highest BCUT2D eigenvalue weighted by molar-refractivity contribution is 5.99. The number of amides is 1. The van der Waals surface area contributed by atoms with Crippen LogP contribution in [0.25, 0.3) is 11.0 Å². The second-order valence-corrected chi connectivity index (χ2v) is 5.51. The molecule has 2 aromatic rings. The van der Waals surface area contributed by atoms with Gasteiger partial charge in [0.25, 0.3) is 5.91 Å². The van der Waals surface area contributed by atoms with Gasteiger partial charge in [-0.1, -0.05) is 0 Å². The number of nitrogens with zero attached hydrogens (tertiary/aromatic N) is 2. The highest BCUT2D eigenvalue weighted by Crippen LogP contribution is 2.29. The molecule has 1 amide bonds. The Morgan fingerprint density at radius 2 is 1.91 bits per heavy atom. The van der Waals surface area contributed by atoms with Crippen molar-refractivity contribution in [2.24, 2.45) is 0 Å². The molecule has 120 valence electrons. The molecular formula is C16H21ClN2O3. The normalized spacial score (nSPS) is 15.7. The Bertz CT molecular complexity index is 675. The molecule has 22 heavy (non-hydrogen) atoms. The maximum absolute atomic E-state index is 12.6. The molecule has 1 aliphatic heterocycles. The number of halogens is 1. The van der Waals surface area contributed by atoms with Gasteiger partial charge in [0.05, 0.1) is 7.11 Å². The number of hydrogen-bond donors (Lipinski definition) is 0. The average molecular weight is 325 g/mol. The summed E-state index contributed by atoms with van der Waals surface area (Å²) >= 11 is 0. The van der Waals surface area contributed by atoms with Crippen molar-refractivity contribution in [3.8, 4) is 5.75 Å². The summed E-state index contributed by atoms with van der Waals surface area (Å²) < 4.78 is 11.0. The lowest BCUT2D eigenvalue weighted by molar-refractivity contribution is 0.0634. The van der Waals surface area contributed by atoms with Crippen LogP contribution in [-0.4, -0.2) is 56.0 Å². The maximum Gasteiger partial charge on any atom is 0.289 e. The van der Waals surface area contributed by atoms with Crippen LogP contribution in [0.15, 0.2) is 22.6 Å². The van der Waals surface area contributed by atoms with Crippen LogP contribution in [0.3, 0.4) is 0 Å². The van der Waals surface area contributed by atoms with E-state index in [0.29, 0.717) is 11.3 Å². The van der Waals surface area contributed by atoms with E-state index in [0.717, 1.165) is 42.9 Å². The van der Waals surface area contributed by atoms with Crippen molar-refractivity contribution in [2.75, 3.05) is 40.3 Å². The van der Waals surface area contributed by atoms with Gasteiger partial charge in [0, 0.05) is 43.2 Å². The van der Waals surface area contributed by atoms with E-state index in [4.69, 9.17) is 9.15 Å². The lowest BCUT2D eigenvalue weighted by atomic mass is 10.1. The van der Waals surface area contributed by atoms with Crippen molar-refractivity contribution in [3.63, 3.8) is 0 Å². The third-order valence-electron chi connectivity index (χ3n) is 4.13. The number of ether oxygens (including phenoxy) is 1. The van der Waals surface area contributed by atoms with Crippen molar-refractivity contribution in [1.82, 2.24) is 9.80 Å². The molecule has 2 heterocycles. The number of furan rings is 1. The molecule has 1 aliphatic rings. The third kappa shape index (κ3) is 2.91. The van der Waals surface area contributed by atoms with Gasteiger partial charge in [0.2, 0.25) is 0 Å². The van der Waals surface area contributed by atoms with E-state index in [9.17, 15) is 4.79 Å². The molecule has 1 saturated heterocycles. The first-order chi connectivity index (χ1) is 10.1. The second kappa shape index (κ2) is 6.58. The van der Waals surface area contributed by atoms with Gasteiger partial charge < -0.3 is 19.0 Å². The van der Waals surface area contributed by atoms with Gasteiger partial charge in [-0.3, -0.25) is 4.79 Å². The topological polar surface area (TPSA) is 45.9 Å². The molecule has 0 N–H and O–H groups in total. The van der Waals surface area contributed by atoms with Crippen molar-refractivity contribution in [2.45, 2.75) is 6.92 Å². The zero-order valence-corrected chi connectivity index (χ0v) is 13.9. The van der Waals surface area contributed by atoms with Crippen LogP contribution in [0.4, 0.5) is 0 Å². The molecule has 6 heteroatoms. The molecule has 0 saturated carbocycles. The SMILES string of the molecule is COc1ccc2c(C)c(C(=O)N3CCN(C)CC3)oc2c1.Cl. The molecule has 0 aliphatic carbocycles. The monoisotopic (exact) mass is 324 g/mol. The number of carbonyl (C=O) groups excluding carboxylic acids is 1. The fourth-order valence-electron chi connectivity index (χ4n) is 2.69. The fourth-order valence-corrected chi connectivity index (χ4v) is 2.69. The van der Waals surface area contributed by atoms with Crippen molar-refractivity contribution in [1.29, 1.82) is 0 Å². The number of piperazine rings is 1. The van der Waals surface area contributed by atoms with Crippen LogP contribution in [0.1, 0.15) is 16.1 Å². The van der Waals surface area contributed by atoms with Crippen molar-refractivity contribution >= 4 is 29.3 Å². The Hall–Kier alpha value is -1.72. The molecule has 1 aromatic carbocycles. The van der Waals surface area contributed by atoms with Gasteiger partial charge in [-0.25, -0.2) is 0 Å². The first-order valence-electron chi connectivity index (χ1n) is 7.15. The summed E-state index contributed by atoms with van der Waals surface area (Å²) in [5.41, 5.74) is 1.60. The fraction of sp³-hybridized carbons (Fsp3) is 0.438. The summed E-state index contributed by atoms with van der Waals surface area (Å²) in [4.78, 5) is 16.7. The van der Waals surface area contributed by atoms with E-state index in [1.165, 1.54) is 0 Å². The molecule has 0 unspecified atom stereocenters. The Kier molecular flexibility index (Phi) is 4.98. The lowest BCUT2D eigenvalue weighted by Gasteiger charge is -2.31. The van der Waals surface area contributed by atoms with Crippen molar-refractivity contribution in [3.05, 3.63) is 29.5 Å². The number of aryl methyl sites for hydroxylation is 1. The number of likely N-dealkylation sites (N-methyl/N-ethyl adjacent to an activating group) is 1. The molecule has 1 aromatic heterocycles. The first-order valence-corrected chi connectivity index (χ1v) is 7.15. The van der Waals surface area contributed by atoms with Crippen LogP contribution in [0, 0.1) is 6.92 Å². The van der Waals surface area contributed by atoms with Crippen LogP contribution in [-0.2, 0) is 0 Å². The standard InChI is InChI=1S/C16H20N2O3.ClH/c1-11-13-5-4-12(20-3)10-14(13)21-15(11)16(19)18-8-6-17(2)7-9-18;/h4-5,10H,6-9H2,1-3H3;1H. The minimum atomic E-state index is -0.0178. The average Bonchev–Trinajstić information content (AvgIpc) is 2.83. The van der Waals surface area contributed by atoms with E-state index < -0.39 is 0 Å². The van der Waals surface area contributed by atoms with Gasteiger partial charge in [-0.05, 0) is 26.1 Å². The van der Waals surface area contributed by atoms with Crippen molar-refractivity contribution < 1.29 is 13.9 Å². The zero-order valence-electron chi connectivity index (χ0n) is 13.1. The third-order valence-corrected chi connectivity index (χ3v) is 4.13. The summed E-state index contributed by atoms with van der Waals surface area (Å²) in [6.07, 6.45) is 0. The summed E-state index contributed by atoms with van der Waals surface area (Å²) in [7, 11) is 3.69. The molecule has 1 fully saturated rings. The Morgan fingerprint density at radius 3 is 2.55 bits per heavy atom. The molecule has 0 spiro atoms. The molecule has 0 radical (unpaired) electrons. The summed E-state index contributed by atoms with van der Waals surface area (Å²) in [6.45, 7) is 5.23. The van der Waals surface area contributed by atoms with E-state index in [1.807, 2.05) is 30.0 Å². The van der Waals surface area contributed by atoms with E-state index in [2.05, 4.69) is 11.9 Å². The van der Waals surface area contributed by atoms with Crippen LogP contribution in [0.2, 0.25) is 0 Å². The van der Waals surface area contributed by atoms with E-state index in [-0.39, 0.29) is 18.3 Å². The Labute approximate surface area is 136 Å². The molecule has 3 rings (SSSR count). The summed E-state index contributed by atoms with van der Waals surface area (Å²) in [5.74, 6) is 1.16. The number of methoxy groups -OCH3 is 1. The minimum Gasteiger partial charge on any atom is -0.497 e. The van der Waals surface area contributed by atoms with Gasteiger partial charge in [-0.2, -0.15) is 0 Å². The number of carbonyl (C=O) groups is 1. The lowest BCUT2D eigenvalue weighted by Crippen LogP contribution is -2.47. The van der Waals surface area contributed by atoms with Crippen LogP contribution < -0.4 is 4.74 Å². The van der Waals surface area contributed by atoms with Crippen LogP contribution >= 0.6 is 12.4 Å². The quantitative estimate of drug-likeness (QED) is 0.851. The van der Waals surface area contributed by atoms with Gasteiger partial charge in [0.15, 0.2) is 5.76 Å². The largest absolute Gasteiger partial charge is 0.497 e. The number of benzene rings is 1. The van der Waals surface area contributed by atoms with Gasteiger partial charge >= 0.3 is 0 Å². The number of fused-ring (bicyclic) bond motifs is 1. The smallest absolute Gasteiger partial charge is 0.289 e. The highest BCUT2D eigenvalue weighted by atomic mass is 35.5. The van der Waals surface area contributed by atoms with Gasteiger partial charge in [-0.15, -0.1) is 12.4 Å².